The smallest absolute Gasteiger partial charge is 0.288 e. The largest absolute Gasteiger partial charge is 0.404 e. The Balaban J connectivity index is 1.52. The number of carbonyl (C=O) groups is 1. The number of Topliss-reactive ketones (excluding diaryl/α,β-unsaturated/α-hetero) is 1. The molecule has 2 aliphatic rings. The second-order valence-electron chi connectivity index (χ2n) is 10.5. The second kappa shape index (κ2) is 11.1. The number of hydrogen-bond donors (Lipinski definition) is 0. The SMILES string of the molecule is CC(C)C1/C=C\C(CO[Si](c2ccccc2)(c2ccccc2)c2ccccc2)CC2OC2C(=O)CC1. The molecular weight excluding hydrogens is 460 g/mol. The van der Waals surface area contributed by atoms with E-state index >= 15 is 0 Å². The summed E-state index contributed by atoms with van der Waals surface area (Å²) in [4.78, 5) is 12.6. The minimum atomic E-state index is -2.76. The van der Waals surface area contributed by atoms with Crippen LogP contribution in [0.4, 0.5) is 0 Å². The maximum Gasteiger partial charge on any atom is 0.288 e. The molecule has 4 heteroatoms. The number of rotatable bonds is 7. The molecule has 1 saturated heterocycles. The molecule has 36 heavy (non-hydrogen) atoms. The highest BCUT2D eigenvalue weighted by molar-refractivity contribution is 7.07. The lowest BCUT2D eigenvalue weighted by Crippen LogP contribution is -2.69. The first kappa shape index (κ1) is 24.9. The lowest BCUT2D eigenvalue weighted by molar-refractivity contribution is -0.120. The van der Waals surface area contributed by atoms with E-state index in [0.717, 1.165) is 12.8 Å². The van der Waals surface area contributed by atoms with Crippen molar-refractivity contribution in [3.05, 3.63) is 103 Å². The maximum atomic E-state index is 12.6. The Morgan fingerprint density at radius 3 is 1.86 bits per heavy atom. The summed E-state index contributed by atoms with van der Waals surface area (Å²) in [6.07, 6.45) is 6.82. The van der Waals surface area contributed by atoms with E-state index in [9.17, 15) is 4.79 Å². The van der Waals surface area contributed by atoms with Crippen molar-refractivity contribution in [3.63, 3.8) is 0 Å². The summed E-state index contributed by atoms with van der Waals surface area (Å²) in [7, 11) is -2.76. The predicted molar refractivity (Wildman–Crippen MR) is 148 cm³/mol. The molecule has 1 heterocycles. The number of carbonyl (C=O) groups excluding carboxylic acids is 1. The minimum Gasteiger partial charge on any atom is -0.404 e. The van der Waals surface area contributed by atoms with Crippen LogP contribution in [0.2, 0.25) is 0 Å². The Bertz CT molecular complexity index is 1060. The molecule has 0 bridgehead atoms. The van der Waals surface area contributed by atoms with Gasteiger partial charge in [-0.3, -0.25) is 4.79 Å². The van der Waals surface area contributed by atoms with Crippen LogP contribution in [0.1, 0.15) is 33.1 Å². The third-order valence-corrected chi connectivity index (χ3v) is 11.7. The summed E-state index contributed by atoms with van der Waals surface area (Å²) < 4.78 is 13.1. The summed E-state index contributed by atoms with van der Waals surface area (Å²) >= 11 is 0. The number of ether oxygens (including phenoxy) is 1. The van der Waals surface area contributed by atoms with Gasteiger partial charge in [-0.2, -0.15) is 0 Å². The molecule has 1 aliphatic heterocycles. The van der Waals surface area contributed by atoms with Crippen molar-refractivity contribution in [1.29, 1.82) is 0 Å². The van der Waals surface area contributed by atoms with Gasteiger partial charge >= 0.3 is 0 Å². The molecule has 186 valence electrons. The van der Waals surface area contributed by atoms with Gasteiger partial charge in [0.25, 0.3) is 8.32 Å². The number of epoxide rings is 1. The molecule has 0 radical (unpaired) electrons. The van der Waals surface area contributed by atoms with Crippen LogP contribution in [-0.2, 0) is 14.0 Å². The molecule has 0 spiro atoms. The van der Waals surface area contributed by atoms with Crippen molar-refractivity contribution in [2.75, 3.05) is 6.61 Å². The fraction of sp³-hybridized carbons (Fsp3) is 0.344. The minimum absolute atomic E-state index is 0.0209. The highest BCUT2D eigenvalue weighted by Crippen LogP contribution is 2.34. The fourth-order valence-corrected chi connectivity index (χ4v) is 9.46. The average molecular weight is 497 g/mol. The van der Waals surface area contributed by atoms with E-state index in [0.29, 0.717) is 24.9 Å². The molecule has 5 rings (SSSR count). The second-order valence-corrected chi connectivity index (χ2v) is 13.9. The molecule has 0 aromatic heterocycles. The Hall–Kier alpha value is -2.79. The number of benzene rings is 3. The summed E-state index contributed by atoms with van der Waals surface area (Å²) in [6.45, 7) is 5.07. The first-order chi connectivity index (χ1) is 17.6. The van der Waals surface area contributed by atoms with Crippen LogP contribution in [0.3, 0.4) is 0 Å². The van der Waals surface area contributed by atoms with Crippen LogP contribution < -0.4 is 15.6 Å². The van der Waals surface area contributed by atoms with E-state index in [1.807, 2.05) is 0 Å². The van der Waals surface area contributed by atoms with Crippen LogP contribution >= 0.6 is 0 Å². The van der Waals surface area contributed by atoms with Gasteiger partial charge in [0.2, 0.25) is 0 Å². The summed E-state index contributed by atoms with van der Waals surface area (Å²) in [5.74, 6) is 1.35. The van der Waals surface area contributed by atoms with E-state index in [2.05, 4.69) is 117 Å². The zero-order valence-electron chi connectivity index (χ0n) is 21.3. The molecule has 3 aromatic rings. The van der Waals surface area contributed by atoms with Crippen molar-refractivity contribution >= 4 is 29.7 Å². The van der Waals surface area contributed by atoms with Gasteiger partial charge in [-0.15, -0.1) is 0 Å². The van der Waals surface area contributed by atoms with E-state index in [-0.39, 0.29) is 23.9 Å². The van der Waals surface area contributed by atoms with Crippen molar-refractivity contribution in [3.8, 4) is 0 Å². The molecule has 0 N–H and O–H groups in total. The molecule has 0 amide bonds. The van der Waals surface area contributed by atoms with Gasteiger partial charge in [0, 0.05) is 18.9 Å². The normalized spacial score (nSPS) is 25.2. The zero-order chi connectivity index (χ0) is 25.0. The first-order valence-electron chi connectivity index (χ1n) is 13.2. The van der Waals surface area contributed by atoms with Gasteiger partial charge in [0.1, 0.15) is 6.10 Å². The molecule has 1 aliphatic carbocycles. The number of ketones is 1. The Labute approximate surface area is 216 Å². The van der Waals surface area contributed by atoms with E-state index in [1.54, 1.807) is 0 Å². The van der Waals surface area contributed by atoms with E-state index in [1.165, 1.54) is 15.6 Å². The maximum absolute atomic E-state index is 12.6. The van der Waals surface area contributed by atoms with E-state index in [4.69, 9.17) is 9.16 Å². The summed E-state index contributed by atoms with van der Waals surface area (Å²) in [6, 6.07) is 32.1. The van der Waals surface area contributed by atoms with Crippen LogP contribution in [0.15, 0.2) is 103 Å². The van der Waals surface area contributed by atoms with Crippen LogP contribution in [0, 0.1) is 17.8 Å². The van der Waals surface area contributed by atoms with Crippen LogP contribution in [0.25, 0.3) is 0 Å². The first-order valence-corrected chi connectivity index (χ1v) is 15.2. The lowest BCUT2D eigenvalue weighted by Gasteiger charge is -2.34. The highest BCUT2D eigenvalue weighted by Gasteiger charge is 2.46. The molecule has 3 aromatic carbocycles. The van der Waals surface area contributed by atoms with Crippen molar-refractivity contribution in [2.24, 2.45) is 17.8 Å². The Morgan fingerprint density at radius 2 is 1.36 bits per heavy atom. The monoisotopic (exact) mass is 496 g/mol. The molecular formula is C32H36O3Si. The quantitative estimate of drug-likeness (QED) is 0.207. The van der Waals surface area contributed by atoms with E-state index < -0.39 is 8.32 Å². The standard InChI is InChI=1S/C32H36O3Si/c1-24(2)26-19-18-25(22-31-32(35-31)30(33)21-20-26)23-34-36(27-12-6-3-7-13-27,28-14-8-4-9-15-28)29-16-10-5-11-17-29/h3-19,24-26,31-32H,20-23H2,1-2H3/b19-18-. The van der Waals surface area contributed by atoms with Gasteiger partial charge < -0.3 is 9.16 Å². The molecule has 1 fully saturated rings. The average Bonchev–Trinajstić information content (AvgIpc) is 3.69. The fourth-order valence-electron chi connectivity index (χ4n) is 5.51. The number of fused-ring (bicyclic) bond motifs is 1. The van der Waals surface area contributed by atoms with Gasteiger partial charge in [0.05, 0.1) is 6.10 Å². The van der Waals surface area contributed by atoms with Crippen molar-refractivity contribution < 1.29 is 14.0 Å². The summed E-state index contributed by atoms with van der Waals surface area (Å²) in [5, 5.41) is 3.71. The van der Waals surface area contributed by atoms with Gasteiger partial charge in [-0.1, -0.05) is 117 Å². The molecule has 0 saturated carbocycles. The zero-order valence-corrected chi connectivity index (χ0v) is 22.3. The number of allylic oxidation sites excluding steroid dienone is 1. The highest BCUT2D eigenvalue weighted by atomic mass is 28.4. The number of hydrogen-bond acceptors (Lipinski definition) is 3. The van der Waals surface area contributed by atoms with Crippen molar-refractivity contribution in [1.82, 2.24) is 0 Å². The predicted octanol–water partition coefficient (Wildman–Crippen LogP) is 4.64. The molecule has 4 atom stereocenters. The van der Waals surface area contributed by atoms with Gasteiger partial charge in [-0.05, 0) is 40.2 Å². The summed E-state index contributed by atoms with van der Waals surface area (Å²) in [5.41, 5.74) is 0. The third-order valence-electron chi connectivity index (χ3n) is 7.70. The van der Waals surface area contributed by atoms with Crippen molar-refractivity contribution in [2.45, 2.75) is 45.3 Å². The Morgan fingerprint density at radius 1 is 0.833 bits per heavy atom. The Kier molecular flexibility index (Phi) is 7.66. The molecule has 3 nitrogen and oxygen atoms in total. The third kappa shape index (κ3) is 5.31. The lowest BCUT2D eigenvalue weighted by atomic mass is 9.86. The van der Waals surface area contributed by atoms with Gasteiger partial charge in [-0.25, -0.2) is 0 Å². The van der Waals surface area contributed by atoms with Crippen LogP contribution in [0.5, 0.6) is 0 Å². The van der Waals surface area contributed by atoms with Crippen LogP contribution in [-0.4, -0.2) is 32.9 Å². The molecule has 4 unspecified atom stereocenters. The van der Waals surface area contributed by atoms with Gasteiger partial charge in [0.15, 0.2) is 5.78 Å². The topological polar surface area (TPSA) is 38.8 Å².